The molecule has 0 aliphatic carbocycles. The van der Waals surface area contributed by atoms with Crippen molar-refractivity contribution in [2.45, 2.75) is 37.0 Å². The van der Waals surface area contributed by atoms with Crippen molar-refractivity contribution in [2.24, 2.45) is 0 Å². The molecule has 194 valence electrons. The molecule has 0 radical (unpaired) electrons. The van der Waals surface area contributed by atoms with Crippen molar-refractivity contribution in [3.05, 3.63) is 69.0 Å². The molecule has 1 aliphatic heterocycles. The summed E-state index contributed by atoms with van der Waals surface area (Å²) >= 11 is 0. The fourth-order valence-electron chi connectivity index (χ4n) is 3.26. The Bertz CT molecular complexity index is 1260. The van der Waals surface area contributed by atoms with Crippen LogP contribution in [0.4, 0.5) is 8.78 Å². The van der Waals surface area contributed by atoms with E-state index in [1.165, 1.54) is 18.2 Å². The highest BCUT2D eigenvalue weighted by atomic mass is 31.3. The minimum atomic E-state index is -5.42. The maximum absolute atomic E-state index is 14.7. The number of rotatable bonds is 9. The highest BCUT2D eigenvalue weighted by Crippen LogP contribution is 2.57. The molecule has 3 rings (SSSR count). The molecule has 18 heteroatoms. The van der Waals surface area contributed by atoms with E-state index in [1.54, 1.807) is 0 Å². The Morgan fingerprint density at radius 2 is 1.66 bits per heavy atom. The summed E-state index contributed by atoms with van der Waals surface area (Å²) in [5, 5.41) is 20.4. The fraction of sp³-hybridized carbons (Fsp3) is 0.412. The van der Waals surface area contributed by atoms with Crippen molar-refractivity contribution in [3.8, 4) is 0 Å². The van der Waals surface area contributed by atoms with E-state index < -0.39 is 76.1 Å². The third-order valence-electron chi connectivity index (χ3n) is 4.87. The number of halogens is 2. The smallest absolute Gasteiger partial charge is 0.387 e. The third-order valence-corrected chi connectivity index (χ3v) is 7.02. The molecule has 0 saturated carbocycles. The zero-order valence-corrected chi connectivity index (χ0v) is 19.2. The number of hydrogen-bond acceptors (Lipinski definition) is 9. The van der Waals surface area contributed by atoms with Gasteiger partial charge in [-0.3, -0.25) is 18.5 Å². The molecule has 2 heterocycles. The minimum Gasteiger partial charge on any atom is -0.387 e. The summed E-state index contributed by atoms with van der Waals surface area (Å²) in [6.45, 7) is -2.39. The minimum absolute atomic E-state index is 0.203. The fourth-order valence-corrected chi connectivity index (χ4v) is 4.86. The largest absolute Gasteiger partial charge is 0.481 e. The number of ether oxygens (including phenoxy) is 1. The Morgan fingerprint density at radius 3 is 2.26 bits per heavy atom. The predicted octanol–water partition coefficient (Wildman–Crippen LogP) is -0.353. The van der Waals surface area contributed by atoms with Gasteiger partial charge in [-0.05, 0) is 0 Å². The van der Waals surface area contributed by atoms with Crippen LogP contribution in [-0.2, 0) is 35.2 Å². The summed E-state index contributed by atoms with van der Waals surface area (Å²) in [5.41, 5.74) is -2.85. The molecule has 14 nitrogen and oxygen atoms in total. The van der Waals surface area contributed by atoms with Gasteiger partial charge in [-0.15, -0.1) is 0 Å². The summed E-state index contributed by atoms with van der Waals surface area (Å²) in [4.78, 5) is 51.5. The number of nitrogens with zero attached hydrogens (tertiary/aromatic N) is 2. The van der Waals surface area contributed by atoms with Crippen LogP contribution in [0.15, 0.2) is 52.2 Å². The molecule has 1 unspecified atom stereocenters. The summed E-state index contributed by atoms with van der Waals surface area (Å²) < 4.78 is 65.5. The first kappa shape index (κ1) is 27.5. The normalized spacial score (nSPS) is 24.9. The van der Waals surface area contributed by atoms with Crippen LogP contribution in [0, 0.1) is 0 Å². The van der Waals surface area contributed by atoms with Crippen molar-refractivity contribution in [1.82, 2.24) is 9.13 Å². The molecule has 0 bridgehead atoms. The molecule has 1 aromatic carbocycles. The van der Waals surface area contributed by atoms with Gasteiger partial charge in [-0.1, -0.05) is 30.3 Å². The number of aliphatic hydroxyl groups excluding tert-OH is 2. The number of alkyl halides is 2. The molecule has 5 atom stereocenters. The second-order valence-corrected chi connectivity index (χ2v) is 10.2. The molecule has 1 saturated heterocycles. The summed E-state index contributed by atoms with van der Waals surface area (Å²) in [6, 6.07) is 7.15. The Labute approximate surface area is 194 Å². The van der Waals surface area contributed by atoms with Crippen LogP contribution >= 0.6 is 15.6 Å². The molecule has 5 N–H and O–H groups in total. The van der Waals surface area contributed by atoms with Gasteiger partial charge in [0.1, 0.15) is 18.3 Å². The second kappa shape index (κ2) is 10.1. The van der Waals surface area contributed by atoms with Crippen molar-refractivity contribution in [3.63, 3.8) is 0 Å². The topological polar surface area (TPSA) is 207 Å². The van der Waals surface area contributed by atoms with Crippen LogP contribution in [0.25, 0.3) is 0 Å². The molecule has 35 heavy (non-hydrogen) atoms. The van der Waals surface area contributed by atoms with Gasteiger partial charge in [0.05, 0.1) is 13.2 Å². The Hall–Kier alpha value is -2.10. The number of hydrogen-bond donors (Lipinski definition) is 5. The molecule has 1 aromatic heterocycles. The molecule has 0 amide bonds. The quantitative estimate of drug-likeness (QED) is 0.257. The van der Waals surface area contributed by atoms with Crippen molar-refractivity contribution in [1.29, 1.82) is 0 Å². The average Bonchev–Trinajstić information content (AvgIpc) is 3.03. The van der Waals surface area contributed by atoms with Crippen LogP contribution in [0.1, 0.15) is 11.8 Å². The molecule has 1 aliphatic rings. The van der Waals surface area contributed by atoms with E-state index in [9.17, 15) is 42.6 Å². The number of aliphatic hydroxyl groups is 2. The third kappa shape index (κ3) is 6.57. The Kier molecular flexibility index (Phi) is 7.94. The standard InChI is InChI=1S/C17H20F2N2O12P2/c18-17(19,10-4-2-1-3-5-10)9-21-12(22)6-7-20(16(21)25)15-14(24)13(23)11(32-15)8-31-35(29,30)33-34(26,27)28/h1-7,11,13-15,23-24H,8-9H2,(H,29,30)(H2,26,27,28)/t11-,13-,14-,15-/m1/s1. The monoisotopic (exact) mass is 544 g/mol. The average molecular weight is 544 g/mol. The van der Waals surface area contributed by atoms with Crippen molar-refractivity contribution in [2.75, 3.05) is 6.61 Å². The molecule has 0 spiro atoms. The van der Waals surface area contributed by atoms with Gasteiger partial charge in [0, 0.05) is 17.8 Å². The van der Waals surface area contributed by atoms with E-state index >= 15 is 0 Å². The van der Waals surface area contributed by atoms with E-state index in [1.807, 2.05) is 0 Å². The zero-order chi connectivity index (χ0) is 26.2. The van der Waals surface area contributed by atoms with E-state index in [4.69, 9.17) is 14.5 Å². The molecular formula is C17H20F2N2O12P2. The van der Waals surface area contributed by atoms with Gasteiger partial charge in [-0.2, -0.15) is 13.1 Å². The van der Waals surface area contributed by atoms with Crippen LogP contribution < -0.4 is 11.2 Å². The number of aromatic nitrogens is 2. The lowest BCUT2D eigenvalue weighted by Gasteiger charge is -2.21. The zero-order valence-electron chi connectivity index (χ0n) is 17.4. The van der Waals surface area contributed by atoms with Gasteiger partial charge in [0.2, 0.25) is 0 Å². The van der Waals surface area contributed by atoms with Crippen LogP contribution in [0.2, 0.25) is 0 Å². The van der Waals surface area contributed by atoms with Crippen molar-refractivity contribution < 1.29 is 56.4 Å². The van der Waals surface area contributed by atoms with E-state index in [2.05, 4.69) is 8.83 Å². The van der Waals surface area contributed by atoms with Crippen LogP contribution in [-0.4, -0.2) is 58.9 Å². The lowest BCUT2D eigenvalue weighted by Crippen LogP contribution is -2.45. The van der Waals surface area contributed by atoms with Crippen LogP contribution in [0.5, 0.6) is 0 Å². The SMILES string of the molecule is O=c1ccn([C@@H]2O[C@H](COP(=O)(O)OP(=O)(O)O)[C@@H](O)[C@H]2O)c(=O)n1CC(F)(F)c1ccccc1. The van der Waals surface area contributed by atoms with E-state index in [0.717, 1.165) is 24.4 Å². The Morgan fingerprint density at radius 1 is 1.03 bits per heavy atom. The Balaban J connectivity index is 1.82. The first-order chi connectivity index (χ1) is 16.1. The lowest BCUT2D eigenvalue weighted by atomic mass is 10.1. The highest BCUT2D eigenvalue weighted by Gasteiger charge is 2.46. The molecular weight excluding hydrogens is 524 g/mol. The maximum atomic E-state index is 14.7. The van der Waals surface area contributed by atoms with Gasteiger partial charge in [0.15, 0.2) is 6.23 Å². The van der Waals surface area contributed by atoms with Crippen molar-refractivity contribution >= 4 is 15.6 Å². The van der Waals surface area contributed by atoms with Crippen LogP contribution in [0.3, 0.4) is 0 Å². The van der Waals surface area contributed by atoms with E-state index in [-0.39, 0.29) is 4.57 Å². The molecule has 2 aromatic rings. The van der Waals surface area contributed by atoms with E-state index in [0.29, 0.717) is 4.57 Å². The lowest BCUT2D eigenvalue weighted by molar-refractivity contribution is -0.0569. The first-order valence-electron chi connectivity index (χ1n) is 9.62. The number of phosphoric ester groups is 1. The maximum Gasteiger partial charge on any atom is 0.481 e. The second-order valence-electron chi connectivity index (χ2n) is 7.38. The van der Waals surface area contributed by atoms with Gasteiger partial charge < -0.3 is 29.6 Å². The molecule has 1 fully saturated rings. The highest BCUT2D eigenvalue weighted by molar-refractivity contribution is 7.60. The number of phosphoric acid groups is 2. The van der Waals surface area contributed by atoms with Gasteiger partial charge in [0.25, 0.3) is 11.5 Å². The predicted molar refractivity (Wildman–Crippen MR) is 110 cm³/mol. The first-order valence-corrected chi connectivity index (χ1v) is 12.6. The van der Waals surface area contributed by atoms with Gasteiger partial charge in [-0.25, -0.2) is 13.9 Å². The summed E-state index contributed by atoms with van der Waals surface area (Å²) in [5.74, 6) is -3.63. The summed E-state index contributed by atoms with van der Waals surface area (Å²) in [7, 11) is -10.7. The summed E-state index contributed by atoms with van der Waals surface area (Å²) in [6.07, 6.45) is -6.31. The number of benzene rings is 1. The van der Waals surface area contributed by atoms with Gasteiger partial charge >= 0.3 is 21.3 Å².